The second-order valence-corrected chi connectivity index (χ2v) is 9.26. The van der Waals surface area contributed by atoms with Gasteiger partial charge in [-0.2, -0.15) is 0 Å². The molecule has 0 unspecified atom stereocenters. The number of likely N-dealkylation sites (tertiary alicyclic amines) is 1. The monoisotopic (exact) mass is 535 g/mol. The zero-order chi connectivity index (χ0) is 26.6. The zero-order valence-corrected chi connectivity index (χ0v) is 20.7. The zero-order valence-electron chi connectivity index (χ0n) is 19.1. The first-order valence-corrected chi connectivity index (χ1v) is 11.8. The Morgan fingerprint density at radius 1 is 1.33 bits per heavy atom. The number of halogens is 1. The molecule has 14 heteroatoms. The molecular weight excluding hydrogens is 514 g/mol. The van der Waals surface area contributed by atoms with Crippen LogP contribution >= 0.6 is 22.9 Å². The number of carboxylic acid groups (broad SMARTS) is 2. The van der Waals surface area contributed by atoms with Crippen molar-refractivity contribution in [3.8, 4) is 0 Å². The molecule has 1 atom stereocenters. The number of oxime groups is 1. The van der Waals surface area contributed by atoms with Crippen LogP contribution in [-0.4, -0.2) is 67.7 Å². The Balaban J connectivity index is 1.76. The summed E-state index contributed by atoms with van der Waals surface area (Å²) >= 11 is 6.78. The molecule has 5 N–H and O–H groups in total. The van der Waals surface area contributed by atoms with E-state index >= 15 is 0 Å². The van der Waals surface area contributed by atoms with E-state index in [4.69, 9.17) is 22.2 Å². The number of nitrogens with one attached hydrogen (secondary N) is 1. The number of carboxylic acids is 2. The predicted octanol–water partition coefficient (Wildman–Crippen LogP) is 1.50. The van der Waals surface area contributed by atoms with Gasteiger partial charge in [0.05, 0.1) is 6.54 Å². The van der Waals surface area contributed by atoms with Gasteiger partial charge in [0.15, 0.2) is 10.8 Å². The number of thiazole rings is 1. The number of rotatable bonds is 10. The summed E-state index contributed by atoms with van der Waals surface area (Å²) in [4.78, 5) is 58.7. The molecule has 0 radical (unpaired) electrons. The standard InChI is InChI=1S/C22H22ClN5O7S/c1-22(2,20(33)34)35-27-16(14-10-36-21(24)26-14)17(29)25-13-9-28(18(13)30)15(19(31)32)7-11-3-5-12(8-23)6-4-11/h3-7,10,13H,8-9H2,1-2H3,(H2,24,26)(H,25,29)(H,31,32)(H,33,34)/b15-7+,27-16-/t13-/m0/s1. The summed E-state index contributed by atoms with van der Waals surface area (Å²) in [7, 11) is 0. The lowest BCUT2D eigenvalue weighted by Gasteiger charge is -2.38. The molecular formula is C22H22ClN5O7S. The molecule has 1 saturated heterocycles. The molecule has 1 aliphatic heterocycles. The van der Waals surface area contributed by atoms with Crippen LogP contribution in [0.4, 0.5) is 5.13 Å². The lowest BCUT2D eigenvalue weighted by molar-refractivity contribution is -0.161. The molecule has 0 bridgehead atoms. The topological polar surface area (TPSA) is 185 Å². The number of hydrogen-bond acceptors (Lipinski definition) is 9. The van der Waals surface area contributed by atoms with Crippen molar-refractivity contribution in [3.63, 3.8) is 0 Å². The fourth-order valence-corrected chi connectivity index (χ4v) is 3.62. The Bertz CT molecular complexity index is 1260. The molecule has 3 rings (SSSR count). The Labute approximate surface area is 214 Å². The number of anilines is 1. The summed E-state index contributed by atoms with van der Waals surface area (Å²) < 4.78 is 0. The number of amides is 2. The van der Waals surface area contributed by atoms with Crippen molar-refractivity contribution in [3.05, 3.63) is 52.2 Å². The molecule has 0 aliphatic carbocycles. The highest BCUT2D eigenvalue weighted by atomic mass is 35.5. The van der Waals surface area contributed by atoms with Gasteiger partial charge in [-0.25, -0.2) is 14.6 Å². The van der Waals surface area contributed by atoms with Gasteiger partial charge in [-0.1, -0.05) is 29.4 Å². The van der Waals surface area contributed by atoms with Crippen molar-refractivity contribution in [1.82, 2.24) is 15.2 Å². The molecule has 2 amide bonds. The van der Waals surface area contributed by atoms with Crippen LogP contribution in [0.3, 0.4) is 0 Å². The van der Waals surface area contributed by atoms with Crippen LogP contribution in [-0.2, 0) is 29.9 Å². The molecule has 1 aromatic carbocycles. The first kappa shape index (κ1) is 26.6. The van der Waals surface area contributed by atoms with Crippen molar-refractivity contribution in [1.29, 1.82) is 0 Å². The third-order valence-corrected chi connectivity index (χ3v) is 6.02. The molecule has 1 aliphatic rings. The largest absolute Gasteiger partial charge is 0.478 e. The number of nitrogens with zero attached hydrogens (tertiary/aromatic N) is 3. The van der Waals surface area contributed by atoms with E-state index < -0.39 is 41.1 Å². The third kappa shape index (κ3) is 5.98. The summed E-state index contributed by atoms with van der Waals surface area (Å²) in [6.45, 7) is 2.36. The average molecular weight is 536 g/mol. The lowest BCUT2D eigenvalue weighted by atomic mass is 10.0. The molecule has 12 nitrogen and oxygen atoms in total. The Kier molecular flexibility index (Phi) is 7.95. The number of hydrogen-bond donors (Lipinski definition) is 4. The smallest absolute Gasteiger partial charge is 0.352 e. The van der Waals surface area contributed by atoms with Crippen molar-refractivity contribution in [2.45, 2.75) is 31.4 Å². The first-order chi connectivity index (χ1) is 16.9. The number of nitrogen functional groups attached to an aromatic ring is 1. The minimum atomic E-state index is -1.75. The van der Waals surface area contributed by atoms with Gasteiger partial charge in [0.2, 0.25) is 5.60 Å². The van der Waals surface area contributed by atoms with Crippen LogP contribution in [0.15, 0.2) is 40.5 Å². The Morgan fingerprint density at radius 3 is 2.50 bits per heavy atom. The maximum atomic E-state index is 12.9. The van der Waals surface area contributed by atoms with Gasteiger partial charge in [-0.15, -0.1) is 22.9 Å². The number of nitrogens with two attached hydrogens (primary N) is 1. The van der Waals surface area contributed by atoms with Crippen LogP contribution in [0, 0.1) is 0 Å². The van der Waals surface area contributed by atoms with Crippen LogP contribution in [0.2, 0.25) is 0 Å². The normalized spacial score (nSPS) is 16.4. The molecule has 1 fully saturated rings. The number of carbonyl (C=O) groups excluding carboxylic acids is 2. The molecule has 0 spiro atoms. The van der Waals surface area contributed by atoms with E-state index in [2.05, 4.69) is 15.5 Å². The average Bonchev–Trinajstić information content (AvgIpc) is 3.26. The molecule has 1 aromatic heterocycles. The molecule has 0 saturated carbocycles. The van der Waals surface area contributed by atoms with Gasteiger partial charge < -0.3 is 31.0 Å². The van der Waals surface area contributed by atoms with E-state index in [9.17, 15) is 29.4 Å². The molecule has 190 valence electrons. The fraction of sp³-hybridized carbons (Fsp3) is 0.273. The van der Waals surface area contributed by atoms with Crippen molar-refractivity contribution in [2.75, 3.05) is 12.3 Å². The number of aromatic nitrogens is 1. The fourth-order valence-electron chi connectivity index (χ4n) is 2.89. The number of benzene rings is 1. The van der Waals surface area contributed by atoms with E-state index in [1.54, 1.807) is 24.3 Å². The highest BCUT2D eigenvalue weighted by Crippen LogP contribution is 2.22. The highest BCUT2D eigenvalue weighted by molar-refractivity contribution is 7.13. The number of aliphatic carboxylic acids is 2. The summed E-state index contributed by atoms with van der Waals surface area (Å²) in [5.41, 5.74) is 4.64. The number of β-lactam (4-membered cyclic amide) rings is 1. The van der Waals surface area contributed by atoms with Crippen molar-refractivity contribution in [2.24, 2.45) is 5.16 Å². The third-order valence-electron chi connectivity index (χ3n) is 5.04. The maximum Gasteiger partial charge on any atom is 0.352 e. The predicted molar refractivity (Wildman–Crippen MR) is 131 cm³/mol. The number of alkyl halides is 1. The molecule has 2 heterocycles. The quantitative estimate of drug-likeness (QED) is 0.115. The summed E-state index contributed by atoms with van der Waals surface area (Å²) in [5.74, 6) is -3.87. The van der Waals surface area contributed by atoms with Crippen LogP contribution in [0.1, 0.15) is 30.7 Å². The molecule has 2 aromatic rings. The van der Waals surface area contributed by atoms with E-state index in [1.165, 1.54) is 25.3 Å². The maximum absolute atomic E-state index is 12.9. The summed E-state index contributed by atoms with van der Waals surface area (Å²) in [6.07, 6.45) is 1.34. The van der Waals surface area contributed by atoms with Gasteiger partial charge in [-0.05, 0) is 31.1 Å². The highest BCUT2D eigenvalue weighted by Gasteiger charge is 2.42. The van der Waals surface area contributed by atoms with E-state index in [0.29, 0.717) is 11.4 Å². The summed E-state index contributed by atoms with van der Waals surface area (Å²) in [5, 5.41) is 26.5. The van der Waals surface area contributed by atoms with Crippen LogP contribution in [0.25, 0.3) is 6.08 Å². The second kappa shape index (κ2) is 10.7. The van der Waals surface area contributed by atoms with Crippen LogP contribution < -0.4 is 11.1 Å². The molecule has 36 heavy (non-hydrogen) atoms. The van der Waals surface area contributed by atoms with Crippen LogP contribution in [0.5, 0.6) is 0 Å². The van der Waals surface area contributed by atoms with Crippen molar-refractivity contribution < 1.29 is 34.2 Å². The Morgan fingerprint density at radius 2 is 2.00 bits per heavy atom. The lowest BCUT2D eigenvalue weighted by Crippen LogP contribution is -2.64. The van der Waals surface area contributed by atoms with Gasteiger partial charge in [0.1, 0.15) is 17.4 Å². The SMILES string of the molecule is CC(C)(O/N=C(\C(=O)N[C@H]1CN(/C(=C/c2ccc(CCl)cc2)C(=O)O)C1=O)c1csc(N)n1)C(=O)O. The number of carbonyl (C=O) groups is 4. The van der Waals surface area contributed by atoms with Gasteiger partial charge in [0, 0.05) is 11.3 Å². The Hall–Kier alpha value is -3.97. The van der Waals surface area contributed by atoms with Gasteiger partial charge >= 0.3 is 11.9 Å². The minimum Gasteiger partial charge on any atom is -0.478 e. The second-order valence-electron chi connectivity index (χ2n) is 8.10. The van der Waals surface area contributed by atoms with E-state index in [-0.39, 0.29) is 23.1 Å². The van der Waals surface area contributed by atoms with E-state index in [1.807, 2.05) is 0 Å². The first-order valence-electron chi connectivity index (χ1n) is 10.4. The van der Waals surface area contributed by atoms with Gasteiger partial charge in [-0.3, -0.25) is 9.59 Å². The van der Waals surface area contributed by atoms with Gasteiger partial charge in [0.25, 0.3) is 11.8 Å². The summed E-state index contributed by atoms with van der Waals surface area (Å²) in [6, 6.07) is 5.77. The minimum absolute atomic E-state index is 0.0198. The van der Waals surface area contributed by atoms with E-state index in [0.717, 1.165) is 21.8 Å². The van der Waals surface area contributed by atoms with Crippen molar-refractivity contribution >= 4 is 63.6 Å².